The average Bonchev–Trinajstić information content (AvgIpc) is 3.30. The van der Waals surface area contributed by atoms with Crippen LogP contribution >= 0.6 is 23.1 Å². The maximum Gasteiger partial charge on any atom is 0.263 e. The summed E-state index contributed by atoms with van der Waals surface area (Å²) in [5.74, 6) is 2.31. The van der Waals surface area contributed by atoms with Crippen molar-refractivity contribution in [1.82, 2.24) is 9.55 Å². The maximum atomic E-state index is 13.2. The van der Waals surface area contributed by atoms with E-state index in [0.717, 1.165) is 51.0 Å². The summed E-state index contributed by atoms with van der Waals surface area (Å²) in [6.45, 7) is 2.93. The van der Waals surface area contributed by atoms with Gasteiger partial charge in [-0.3, -0.25) is 9.36 Å². The Morgan fingerprint density at radius 2 is 2.07 bits per heavy atom. The summed E-state index contributed by atoms with van der Waals surface area (Å²) < 4.78 is 12.7. The Morgan fingerprint density at radius 1 is 1.22 bits per heavy atom. The number of fused-ring (bicyclic) bond motifs is 4. The Bertz CT molecular complexity index is 1090. The molecule has 1 aliphatic heterocycles. The first-order valence-corrected chi connectivity index (χ1v) is 11.1. The Kier molecular flexibility index (Phi) is 4.36. The first-order chi connectivity index (χ1) is 13.2. The molecule has 0 radical (unpaired) electrons. The molecular formula is C20H20N2O3S2. The molecule has 0 spiro atoms. The van der Waals surface area contributed by atoms with Crippen molar-refractivity contribution < 1.29 is 9.47 Å². The summed E-state index contributed by atoms with van der Waals surface area (Å²) in [7, 11) is 0. The zero-order valence-corrected chi connectivity index (χ0v) is 16.8. The van der Waals surface area contributed by atoms with E-state index in [1.807, 2.05) is 29.7 Å². The Hall–Kier alpha value is -1.99. The SMILES string of the molecule is CCn1c(SCc2ccc3c(c2)OCO3)nc2sc3c(c2c1=O)CCCC3. The van der Waals surface area contributed by atoms with E-state index in [2.05, 4.69) is 0 Å². The molecule has 7 heteroatoms. The standard InChI is InChI=1S/C20H20N2O3S2/c1-2-22-19(23)17-13-5-3-4-6-16(13)27-18(17)21-20(22)26-10-12-7-8-14-15(9-12)25-11-24-14/h7-9H,2-6,10-11H2,1H3. The lowest BCUT2D eigenvalue weighted by atomic mass is 9.97. The van der Waals surface area contributed by atoms with E-state index < -0.39 is 0 Å². The molecule has 0 bridgehead atoms. The van der Waals surface area contributed by atoms with Crippen LogP contribution in [-0.2, 0) is 25.1 Å². The van der Waals surface area contributed by atoms with Crippen molar-refractivity contribution in [3.05, 3.63) is 44.6 Å². The largest absolute Gasteiger partial charge is 0.454 e. The van der Waals surface area contributed by atoms with Crippen LogP contribution in [0.15, 0.2) is 28.2 Å². The molecule has 27 heavy (non-hydrogen) atoms. The van der Waals surface area contributed by atoms with Gasteiger partial charge in [0.25, 0.3) is 5.56 Å². The number of rotatable bonds is 4. The van der Waals surface area contributed by atoms with Crippen molar-refractivity contribution in [1.29, 1.82) is 0 Å². The van der Waals surface area contributed by atoms with E-state index >= 15 is 0 Å². The van der Waals surface area contributed by atoms with Gasteiger partial charge in [0.05, 0.1) is 5.39 Å². The second-order valence-electron chi connectivity index (χ2n) is 6.81. The van der Waals surface area contributed by atoms with Crippen LogP contribution in [0.25, 0.3) is 10.2 Å². The number of hydrogen-bond donors (Lipinski definition) is 0. The Balaban J connectivity index is 1.50. The van der Waals surface area contributed by atoms with E-state index in [0.29, 0.717) is 6.54 Å². The summed E-state index contributed by atoms with van der Waals surface area (Å²) in [4.78, 5) is 20.3. The molecule has 140 valence electrons. The average molecular weight is 401 g/mol. The van der Waals surface area contributed by atoms with Gasteiger partial charge in [-0.15, -0.1) is 11.3 Å². The van der Waals surface area contributed by atoms with Crippen molar-refractivity contribution in [2.75, 3.05) is 6.79 Å². The van der Waals surface area contributed by atoms with Crippen LogP contribution in [0.3, 0.4) is 0 Å². The number of hydrogen-bond acceptors (Lipinski definition) is 6. The van der Waals surface area contributed by atoms with Gasteiger partial charge in [-0.05, 0) is 55.9 Å². The first kappa shape index (κ1) is 17.1. The normalized spacial score (nSPS) is 15.3. The minimum atomic E-state index is 0.120. The molecule has 0 saturated heterocycles. The predicted molar refractivity (Wildman–Crippen MR) is 108 cm³/mol. The zero-order valence-electron chi connectivity index (χ0n) is 15.1. The van der Waals surface area contributed by atoms with E-state index in [9.17, 15) is 4.79 Å². The van der Waals surface area contributed by atoms with Crippen molar-refractivity contribution in [3.8, 4) is 11.5 Å². The minimum absolute atomic E-state index is 0.120. The summed E-state index contributed by atoms with van der Waals surface area (Å²) >= 11 is 3.32. The van der Waals surface area contributed by atoms with Gasteiger partial charge < -0.3 is 9.47 Å². The van der Waals surface area contributed by atoms with Crippen LogP contribution in [0.2, 0.25) is 0 Å². The number of thioether (sulfide) groups is 1. The topological polar surface area (TPSA) is 53.4 Å². The fourth-order valence-corrected chi connectivity index (χ4v) is 6.10. The van der Waals surface area contributed by atoms with Crippen LogP contribution in [0, 0.1) is 0 Å². The van der Waals surface area contributed by atoms with Gasteiger partial charge in [0.1, 0.15) is 4.83 Å². The van der Waals surface area contributed by atoms with Gasteiger partial charge in [-0.2, -0.15) is 0 Å². The first-order valence-electron chi connectivity index (χ1n) is 9.31. The molecule has 1 aromatic carbocycles. The highest BCUT2D eigenvalue weighted by Gasteiger charge is 2.22. The molecule has 2 aliphatic rings. The second kappa shape index (κ2) is 6.87. The van der Waals surface area contributed by atoms with Gasteiger partial charge in [0.2, 0.25) is 6.79 Å². The third-order valence-electron chi connectivity index (χ3n) is 5.16. The second-order valence-corrected chi connectivity index (χ2v) is 8.84. The van der Waals surface area contributed by atoms with Crippen molar-refractivity contribution in [2.45, 2.75) is 50.1 Å². The fourth-order valence-electron chi connectivity index (χ4n) is 3.79. The molecule has 1 aliphatic carbocycles. The van der Waals surface area contributed by atoms with Crippen LogP contribution in [0.5, 0.6) is 11.5 Å². The van der Waals surface area contributed by atoms with Crippen LogP contribution in [0.1, 0.15) is 35.8 Å². The number of nitrogens with zero attached hydrogens (tertiary/aromatic N) is 2. The maximum absolute atomic E-state index is 13.2. The number of thiophene rings is 1. The lowest BCUT2D eigenvalue weighted by molar-refractivity contribution is 0.174. The van der Waals surface area contributed by atoms with E-state index in [4.69, 9.17) is 14.5 Å². The molecule has 0 unspecified atom stereocenters. The molecular weight excluding hydrogens is 380 g/mol. The number of aromatic nitrogens is 2. The quantitative estimate of drug-likeness (QED) is 0.481. The summed E-state index contributed by atoms with van der Waals surface area (Å²) in [5, 5.41) is 1.66. The highest BCUT2D eigenvalue weighted by atomic mass is 32.2. The third-order valence-corrected chi connectivity index (χ3v) is 7.39. The fraction of sp³-hybridized carbons (Fsp3) is 0.400. The minimum Gasteiger partial charge on any atom is -0.454 e. The predicted octanol–water partition coefficient (Wildman–Crippen LogP) is 4.38. The third kappa shape index (κ3) is 2.93. The summed E-state index contributed by atoms with van der Waals surface area (Å²) in [6.07, 6.45) is 4.49. The van der Waals surface area contributed by atoms with Crippen molar-refractivity contribution in [3.63, 3.8) is 0 Å². The summed E-state index contributed by atoms with van der Waals surface area (Å²) in [5.41, 5.74) is 2.51. The molecule has 5 nitrogen and oxygen atoms in total. The van der Waals surface area contributed by atoms with Crippen molar-refractivity contribution >= 4 is 33.3 Å². The van der Waals surface area contributed by atoms with Gasteiger partial charge in [-0.1, -0.05) is 17.8 Å². The summed E-state index contributed by atoms with van der Waals surface area (Å²) in [6, 6.07) is 5.98. The van der Waals surface area contributed by atoms with Crippen molar-refractivity contribution in [2.24, 2.45) is 0 Å². The lowest BCUT2D eigenvalue weighted by Crippen LogP contribution is -2.22. The molecule has 0 N–H and O–H groups in total. The van der Waals surface area contributed by atoms with Crippen LogP contribution in [0.4, 0.5) is 0 Å². The van der Waals surface area contributed by atoms with Crippen LogP contribution in [-0.4, -0.2) is 16.3 Å². The number of aryl methyl sites for hydroxylation is 2. The molecule has 0 fully saturated rings. The Morgan fingerprint density at radius 3 is 2.96 bits per heavy atom. The molecule has 3 heterocycles. The Labute approximate surface area is 165 Å². The number of benzene rings is 1. The zero-order chi connectivity index (χ0) is 18.4. The van der Waals surface area contributed by atoms with E-state index in [1.165, 1.54) is 23.3 Å². The highest BCUT2D eigenvalue weighted by Crippen LogP contribution is 2.36. The highest BCUT2D eigenvalue weighted by molar-refractivity contribution is 7.98. The molecule has 0 atom stereocenters. The molecule has 2 aromatic heterocycles. The molecule has 0 amide bonds. The number of ether oxygens (including phenoxy) is 2. The monoisotopic (exact) mass is 400 g/mol. The van der Waals surface area contributed by atoms with Gasteiger partial charge in [-0.25, -0.2) is 4.98 Å². The van der Waals surface area contributed by atoms with E-state index in [-0.39, 0.29) is 12.4 Å². The van der Waals surface area contributed by atoms with Gasteiger partial charge >= 0.3 is 0 Å². The molecule has 5 rings (SSSR count). The van der Waals surface area contributed by atoms with E-state index in [1.54, 1.807) is 23.1 Å². The van der Waals surface area contributed by atoms with Gasteiger partial charge in [0, 0.05) is 17.2 Å². The molecule has 3 aromatic rings. The van der Waals surface area contributed by atoms with Crippen LogP contribution < -0.4 is 15.0 Å². The lowest BCUT2D eigenvalue weighted by Gasteiger charge is -2.12. The van der Waals surface area contributed by atoms with Gasteiger partial charge in [0.15, 0.2) is 16.7 Å². The molecule has 0 saturated carbocycles. The smallest absolute Gasteiger partial charge is 0.263 e.